The second-order valence-electron chi connectivity index (χ2n) is 3.85. The molecular weight excluding hydrogens is 360 g/mol. The van der Waals surface area contributed by atoms with E-state index in [9.17, 15) is 4.79 Å². The van der Waals surface area contributed by atoms with Gasteiger partial charge in [-0.3, -0.25) is 4.79 Å². The van der Waals surface area contributed by atoms with Crippen LogP contribution in [-0.2, 0) is 6.61 Å². The van der Waals surface area contributed by atoms with Crippen molar-refractivity contribution in [1.82, 2.24) is 9.19 Å². The fourth-order valence-corrected chi connectivity index (χ4v) is 3.07. The topological polar surface area (TPSA) is 44.1 Å². The molecule has 0 aliphatic carbocycles. The van der Waals surface area contributed by atoms with Gasteiger partial charge < -0.3 is 4.74 Å². The van der Waals surface area contributed by atoms with Crippen molar-refractivity contribution in [1.29, 1.82) is 0 Å². The van der Waals surface area contributed by atoms with Crippen LogP contribution in [0.4, 0.5) is 0 Å². The zero-order valence-electron chi connectivity index (χ0n) is 10.7. The van der Waals surface area contributed by atoms with Crippen molar-refractivity contribution in [2.24, 2.45) is 0 Å². The second kappa shape index (κ2) is 7.19. The molecule has 0 saturated heterocycles. The Hall–Kier alpha value is -0.920. The lowest BCUT2D eigenvalue weighted by Crippen LogP contribution is -2.04. The lowest BCUT2D eigenvalue weighted by atomic mass is 10.1. The molecule has 7 heteroatoms. The number of nitrogens with zero attached hydrogens (tertiary/aromatic N) is 2. The highest BCUT2D eigenvalue weighted by Crippen LogP contribution is 2.28. The highest BCUT2D eigenvalue weighted by Gasteiger charge is 2.14. The molecule has 0 bridgehead atoms. The monoisotopic (exact) mass is 372 g/mol. The van der Waals surface area contributed by atoms with E-state index in [4.69, 9.17) is 4.74 Å². The zero-order valence-corrected chi connectivity index (χ0v) is 14.0. The first-order valence-corrected chi connectivity index (χ1v) is 8.12. The Morgan fingerprint density at radius 1 is 1.50 bits per heavy atom. The van der Waals surface area contributed by atoms with E-state index in [1.165, 1.54) is 4.09 Å². The van der Waals surface area contributed by atoms with E-state index in [2.05, 4.69) is 40.8 Å². The quantitative estimate of drug-likeness (QED) is 0.475. The van der Waals surface area contributed by atoms with Crippen molar-refractivity contribution in [3.63, 3.8) is 0 Å². The molecule has 1 aromatic heterocycles. The van der Waals surface area contributed by atoms with Gasteiger partial charge in [0.05, 0.1) is 0 Å². The summed E-state index contributed by atoms with van der Waals surface area (Å²) in [4.78, 5) is 12.7. The van der Waals surface area contributed by atoms with Crippen molar-refractivity contribution in [2.75, 3.05) is 5.75 Å². The van der Waals surface area contributed by atoms with Gasteiger partial charge >= 0.3 is 0 Å². The van der Waals surface area contributed by atoms with Crippen LogP contribution in [0, 0.1) is 0 Å². The Morgan fingerprint density at radius 2 is 2.30 bits per heavy atom. The molecule has 0 aliphatic heterocycles. The Balaban J connectivity index is 2.25. The molecule has 2 rings (SSSR count). The third-order valence-corrected chi connectivity index (χ3v) is 4.19. The number of thiol groups is 1. The highest BCUT2D eigenvalue weighted by atomic mass is 79.9. The minimum atomic E-state index is -0.144. The van der Waals surface area contributed by atoms with E-state index >= 15 is 0 Å². The number of hydrogen-bond donors (Lipinski definition) is 1. The van der Waals surface area contributed by atoms with Crippen molar-refractivity contribution in [2.45, 2.75) is 18.4 Å². The maximum absolute atomic E-state index is 11.7. The molecule has 20 heavy (non-hydrogen) atoms. The van der Waals surface area contributed by atoms with Crippen molar-refractivity contribution in [3.8, 4) is 5.88 Å². The molecule has 1 heterocycles. The van der Waals surface area contributed by atoms with Gasteiger partial charge in [0.2, 0.25) is 10.6 Å². The van der Waals surface area contributed by atoms with Crippen LogP contribution in [0.25, 0.3) is 0 Å². The van der Waals surface area contributed by atoms with E-state index in [1.807, 2.05) is 12.1 Å². The third-order valence-electron chi connectivity index (χ3n) is 2.56. The number of benzene rings is 1. The lowest BCUT2D eigenvalue weighted by Gasteiger charge is -2.12. The van der Waals surface area contributed by atoms with E-state index in [-0.39, 0.29) is 4.69 Å². The maximum atomic E-state index is 11.7. The Labute approximate surface area is 135 Å². The van der Waals surface area contributed by atoms with Gasteiger partial charge in [-0.1, -0.05) is 19.1 Å². The molecule has 0 fully saturated rings. The van der Waals surface area contributed by atoms with Crippen molar-refractivity contribution >= 4 is 45.2 Å². The molecule has 0 atom stereocenters. The van der Waals surface area contributed by atoms with Crippen LogP contribution in [0.3, 0.4) is 0 Å². The SMILES string of the molecule is CCSc1cccc(C(=O)Br)c1COc1ccn(S)n1. The first-order valence-electron chi connectivity index (χ1n) is 5.94. The molecular formula is C13H13BrN2O2S2. The van der Waals surface area contributed by atoms with Crippen LogP contribution < -0.4 is 4.74 Å². The summed E-state index contributed by atoms with van der Waals surface area (Å²) < 4.78 is 6.85. The number of aromatic nitrogens is 2. The Kier molecular flexibility index (Phi) is 5.56. The minimum absolute atomic E-state index is 0.144. The average Bonchev–Trinajstić information content (AvgIpc) is 2.83. The first kappa shape index (κ1) is 15.5. The van der Waals surface area contributed by atoms with Gasteiger partial charge in [-0.15, -0.1) is 16.9 Å². The molecule has 106 valence electrons. The van der Waals surface area contributed by atoms with Gasteiger partial charge in [0, 0.05) is 28.3 Å². The maximum Gasteiger partial charge on any atom is 0.234 e. The highest BCUT2D eigenvalue weighted by molar-refractivity contribution is 9.18. The number of carbonyl (C=O) groups excluding carboxylic acids is 1. The number of ether oxygens (including phenoxy) is 1. The zero-order chi connectivity index (χ0) is 14.5. The molecule has 0 radical (unpaired) electrons. The van der Waals surface area contributed by atoms with Crippen LogP contribution in [0.5, 0.6) is 5.88 Å². The van der Waals surface area contributed by atoms with E-state index in [0.717, 1.165) is 16.2 Å². The van der Waals surface area contributed by atoms with E-state index < -0.39 is 0 Å². The molecule has 2 aromatic rings. The summed E-state index contributed by atoms with van der Waals surface area (Å²) in [5, 5.41) is 4.03. The van der Waals surface area contributed by atoms with Crippen molar-refractivity contribution < 1.29 is 9.53 Å². The van der Waals surface area contributed by atoms with Crippen LogP contribution in [0.1, 0.15) is 22.8 Å². The van der Waals surface area contributed by atoms with Gasteiger partial charge in [-0.05, 0) is 40.6 Å². The van der Waals surface area contributed by atoms with E-state index in [0.29, 0.717) is 18.1 Å². The molecule has 0 N–H and O–H groups in total. The standard InChI is InChI=1S/C13H13BrN2O2S2/c1-2-20-11-5-3-4-9(13(14)17)10(11)8-18-12-6-7-16(19)15-12/h3-7,19H,2,8H2,1H3. The first-order chi connectivity index (χ1) is 9.61. The van der Waals surface area contributed by atoms with Gasteiger partial charge in [0.1, 0.15) is 6.61 Å². The summed E-state index contributed by atoms with van der Waals surface area (Å²) >= 11 is 8.75. The lowest BCUT2D eigenvalue weighted by molar-refractivity contribution is 0.109. The molecule has 1 aromatic carbocycles. The average molecular weight is 373 g/mol. The minimum Gasteiger partial charge on any atom is -0.472 e. The molecule has 0 spiro atoms. The third kappa shape index (κ3) is 3.80. The van der Waals surface area contributed by atoms with Crippen LogP contribution >= 0.6 is 40.5 Å². The van der Waals surface area contributed by atoms with Gasteiger partial charge in [0.25, 0.3) is 0 Å². The molecule has 0 aliphatic rings. The summed E-state index contributed by atoms with van der Waals surface area (Å²) in [7, 11) is 0. The van der Waals surface area contributed by atoms with Crippen molar-refractivity contribution in [3.05, 3.63) is 41.6 Å². The van der Waals surface area contributed by atoms with Gasteiger partial charge in [-0.2, -0.15) is 0 Å². The van der Waals surface area contributed by atoms with Crippen LogP contribution in [0.2, 0.25) is 0 Å². The molecule has 4 nitrogen and oxygen atoms in total. The predicted octanol–water partition coefficient (Wildman–Crippen LogP) is 3.80. The summed E-state index contributed by atoms with van der Waals surface area (Å²) in [6.07, 6.45) is 1.68. The second-order valence-corrected chi connectivity index (χ2v) is 6.29. The fraction of sp³-hybridized carbons (Fsp3) is 0.231. The van der Waals surface area contributed by atoms with Gasteiger partial charge in [0.15, 0.2) is 0 Å². The predicted molar refractivity (Wildman–Crippen MR) is 87.0 cm³/mol. The summed E-state index contributed by atoms with van der Waals surface area (Å²) in [6, 6.07) is 7.37. The number of halogens is 1. The number of thioether (sulfide) groups is 1. The summed E-state index contributed by atoms with van der Waals surface area (Å²) in [5.41, 5.74) is 1.49. The van der Waals surface area contributed by atoms with Gasteiger partial charge in [-0.25, -0.2) is 4.09 Å². The number of rotatable bonds is 6. The molecule has 0 saturated carbocycles. The number of hydrogen-bond acceptors (Lipinski definition) is 5. The molecule has 0 amide bonds. The Morgan fingerprint density at radius 3 is 2.90 bits per heavy atom. The fourth-order valence-electron chi connectivity index (χ4n) is 1.71. The van der Waals surface area contributed by atoms with Crippen LogP contribution in [0.15, 0.2) is 35.4 Å². The van der Waals surface area contributed by atoms with Crippen LogP contribution in [-0.4, -0.2) is 19.6 Å². The smallest absolute Gasteiger partial charge is 0.234 e. The Bertz CT molecular complexity index is 616. The molecule has 0 unspecified atom stereocenters. The largest absolute Gasteiger partial charge is 0.472 e. The van der Waals surface area contributed by atoms with E-state index in [1.54, 1.807) is 30.1 Å². The summed E-state index contributed by atoms with van der Waals surface area (Å²) in [6.45, 7) is 2.36. The number of carbonyl (C=O) groups is 1. The summed E-state index contributed by atoms with van der Waals surface area (Å²) in [5.74, 6) is 1.40. The normalized spacial score (nSPS) is 10.6.